The van der Waals surface area contributed by atoms with E-state index in [2.05, 4.69) is 0 Å². The van der Waals surface area contributed by atoms with Gasteiger partial charge in [0, 0.05) is 44.4 Å². The van der Waals surface area contributed by atoms with Crippen molar-refractivity contribution in [1.82, 2.24) is 14.1 Å². The van der Waals surface area contributed by atoms with Gasteiger partial charge in [0.25, 0.3) is 5.91 Å². The highest BCUT2D eigenvalue weighted by Gasteiger charge is 2.32. The summed E-state index contributed by atoms with van der Waals surface area (Å²) in [6, 6.07) is 12.5. The molecule has 2 amide bonds. The number of piperidine rings is 1. The van der Waals surface area contributed by atoms with Gasteiger partial charge >= 0.3 is 0 Å². The Bertz CT molecular complexity index is 1210. The molecule has 9 nitrogen and oxygen atoms in total. The summed E-state index contributed by atoms with van der Waals surface area (Å²) < 4.78 is 50.9. The highest BCUT2D eigenvalue weighted by atomic mass is 35.5. The number of sulfonamides is 1. The Balaban J connectivity index is 1.68. The van der Waals surface area contributed by atoms with Gasteiger partial charge in [0.1, 0.15) is 11.6 Å². The van der Waals surface area contributed by atoms with E-state index in [0.29, 0.717) is 42.3 Å². The lowest BCUT2D eigenvalue weighted by Crippen LogP contribution is -2.52. The van der Waals surface area contributed by atoms with Gasteiger partial charge in [-0.1, -0.05) is 23.7 Å². The SMILES string of the molecule is CCS(=O)(=O)N(CCOC)CC(=O)N(Cc1cccc(F)c1)C1CCN(C(=O)COc2ccc(Cl)cc2)CC1. The first kappa shape index (κ1) is 30.8. The molecule has 2 aromatic rings. The van der Waals surface area contributed by atoms with Crippen molar-refractivity contribution in [3.8, 4) is 5.75 Å². The maximum atomic E-state index is 13.9. The van der Waals surface area contributed by atoms with Gasteiger partial charge in [-0.05, 0) is 61.7 Å². The molecule has 3 rings (SSSR count). The molecule has 1 aliphatic rings. The molecule has 0 N–H and O–H groups in total. The van der Waals surface area contributed by atoms with E-state index in [1.807, 2.05) is 0 Å². The van der Waals surface area contributed by atoms with Crippen LogP contribution in [-0.4, -0.2) is 92.6 Å². The van der Waals surface area contributed by atoms with Crippen LogP contribution in [0.4, 0.5) is 4.39 Å². The van der Waals surface area contributed by atoms with E-state index in [4.69, 9.17) is 21.1 Å². The van der Waals surface area contributed by atoms with Crippen LogP contribution < -0.4 is 4.74 Å². The number of amides is 2. The second-order valence-electron chi connectivity index (χ2n) is 9.23. The summed E-state index contributed by atoms with van der Waals surface area (Å²) in [6.07, 6.45) is 0.985. The van der Waals surface area contributed by atoms with Gasteiger partial charge in [-0.15, -0.1) is 0 Å². The van der Waals surface area contributed by atoms with Gasteiger partial charge in [0.2, 0.25) is 15.9 Å². The Morgan fingerprint density at radius 1 is 1.13 bits per heavy atom. The van der Waals surface area contributed by atoms with Crippen molar-refractivity contribution in [3.63, 3.8) is 0 Å². The summed E-state index contributed by atoms with van der Waals surface area (Å²) in [7, 11) is -2.19. The molecule has 1 saturated heterocycles. The number of nitrogens with zero attached hydrogens (tertiary/aromatic N) is 3. The van der Waals surface area contributed by atoms with E-state index in [1.54, 1.807) is 46.2 Å². The first-order chi connectivity index (χ1) is 18.6. The fourth-order valence-electron chi connectivity index (χ4n) is 4.38. The quantitative estimate of drug-likeness (QED) is 0.359. The Morgan fingerprint density at radius 2 is 1.82 bits per heavy atom. The molecule has 0 spiro atoms. The van der Waals surface area contributed by atoms with Crippen molar-refractivity contribution in [3.05, 3.63) is 64.9 Å². The van der Waals surface area contributed by atoms with Crippen LogP contribution in [0.5, 0.6) is 5.75 Å². The lowest BCUT2D eigenvalue weighted by atomic mass is 10.0. The molecular weight excluding hydrogens is 549 g/mol. The molecule has 1 aliphatic heterocycles. The summed E-state index contributed by atoms with van der Waals surface area (Å²) >= 11 is 5.88. The summed E-state index contributed by atoms with van der Waals surface area (Å²) in [4.78, 5) is 29.6. The summed E-state index contributed by atoms with van der Waals surface area (Å²) in [6.45, 7) is 2.18. The van der Waals surface area contributed by atoms with E-state index in [1.165, 1.54) is 26.2 Å². The molecule has 214 valence electrons. The van der Waals surface area contributed by atoms with Crippen LogP contribution >= 0.6 is 11.6 Å². The van der Waals surface area contributed by atoms with Crippen LogP contribution in [0, 0.1) is 5.82 Å². The minimum absolute atomic E-state index is 0.0484. The van der Waals surface area contributed by atoms with Gasteiger partial charge in [0.15, 0.2) is 6.61 Å². The third-order valence-corrected chi connectivity index (χ3v) is 8.69. The van der Waals surface area contributed by atoms with Crippen molar-refractivity contribution in [1.29, 1.82) is 0 Å². The topological polar surface area (TPSA) is 96.5 Å². The molecule has 0 bridgehead atoms. The van der Waals surface area contributed by atoms with Crippen molar-refractivity contribution < 1.29 is 31.9 Å². The number of rotatable bonds is 13. The van der Waals surface area contributed by atoms with Crippen molar-refractivity contribution in [2.24, 2.45) is 0 Å². The van der Waals surface area contributed by atoms with Crippen molar-refractivity contribution in [2.45, 2.75) is 32.4 Å². The molecular formula is C27H35ClFN3O6S. The lowest BCUT2D eigenvalue weighted by molar-refractivity contribution is -0.138. The predicted molar refractivity (Wildman–Crippen MR) is 146 cm³/mol. The fraction of sp³-hybridized carbons (Fsp3) is 0.481. The second kappa shape index (κ2) is 14.6. The van der Waals surface area contributed by atoms with Gasteiger partial charge in [-0.3, -0.25) is 9.59 Å². The Morgan fingerprint density at radius 3 is 2.44 bits per heavy atom. The van der Waals surface area contributed by atoms with E-state index in [0.717, 1.165) is 4.31 Å². The minimum Gasteiger partial charge on any atom is -0.484 e. The monoisotopic (exact) mass is 583 g/mol. The number of hydrogen-bond donors (Lipinski definition) is 0. The lowest BCUT2D eigenvalue weighted by Gasteiger charge is -2.39. The summed E-state index contributed by atoms with van der Waals surface area (Å²) in [5, 5.41) is 0.571. The van der Waals surface area contributed by atoms with Crippen LogP contribution in [0.2, 0.25) is 5.02 Å². The molecule has 12 heteroatoms. The average molecular weight is 584 g/mol. The number of methoxy groups -OCH3 is 1. The molecule has 39 heavy (non-hydrogen) atoms. The normalized spacial score (nSPS) is 14.4. The number of ether oxygens (including phenoxy) is 2. The number of benzene rings is 2. The fourth-order valence-corrected chi connectivity index (χ4v) is 5.53. The zero-order valence-corrected chi connectivity index (χ0v) is 23.8. The molecule has 1 fully saturated rings. The van der Waals surface area contributed by atoms with E-state index >= 15 is 0 Å². The summed E-state index contributed by atoms with van der Waals surface area (Å²) in [5.41, 5.74) is 0.597. The number of hydrogen-bond acceptors (Lipinski definition) is 6. The van der Waals surface area contributed by atoms with Gasteiger partial charge in [0.05, 0.1) is 18.9 Å². The number of carbonyl (C=O) groups excluding carboxylic acids is 2. The molecule has 0 aliphatic carbocycles. The van der Waals surface area contributed by atoms with Crippen LogP contribution in [-0.2, 0) is 30.9 Å². The predicted octanol–water partition coefficient (Wildman–Crippen LogP) is 3.18. The van der Waals surface area contributed by atoms with Gasteiger partial charge < -0.3 is 19.3 Å². The van der Waals surface area contributed by atoms with Crippen LogP contribution in [0.15, 0.2) is 48.5 Å². The van der Waals surface area contributed by atoms with Crippen LogP contribution in [0.3, 0.4) is 0 Å². The van der Waals surface area contributed by atoms with Crippen LogP contribution in [0.25, 0.3) is 0 Å². The largest absolute Gasteiger partial charge is 0.484 e. The number of carbonyl (C=O) groups is 2. The van der Waals surface area contributed by atoms with E-state index < -0.39 is 15.8 Å². The van der Waals surface area contributed by atoms with E-state index in [9.17, 15) is 22.4 Å². The zero-order valence-electron chi connectivity index (χ0n) is 22.2. The van der Waals surface area contributed by atoms with E-state index in [-0.39, 0.29) is 56.5 Å². The Kier molecular flexibility index (Phi) is 11.5. The molecule has 0 unspecified atom stereocenters. The van der Waals surface area contributed by atoms with Gasteiger partial charge in [-0.25, -0.2) is 12.8 Å². The summed E-state index contributed by atoms with van der Waals surface area (Å²) in [5.74, 6) is -0.591. The Labute approximate surface area is 234 Å². The van der Waals surface area contributed by atoms with Crippen molar-refractivity contribution in [2.75, 3.05) is 52.3 Å². The maximum absolute atomic E-state index is 13.9. The Hall–Kier alpha value is -2.73. The number of halogens is 2. The highest BCUT2D eigenvalue weighted by molar-refractivity contribution is 7.89. The molecule has 0 aromatic heterocycles. The standard InChI is InChI=1S/C27H35ClFN3O6S/c1-3-39(35,36)31(15-16-37-2)19-26(33)32(18-21-5-4-6-23(29)17-21)24-11-13-30(14-12-24)27(34)20-38-25-9-7-22(28)8-10-25/h4-10,17,24H,3,11-16,18-20H2,1-2H3. The molecule has 0 radical (unpaired) electrons. The van der Waals surface area contributed by atoms with Crippen LogP contribution in [0.1, 0.15) is 25.3 Å². The third-order valence-electron chi connectivity index (χ3n) is 6.61. The number of likely N-dealkylation sites (tertiary alicyclic amines) is 1. The second-order valence-corrected chi connectivity index (χ2v) is 11.9. The average Bonchev–Trinajstić information content (AvgIpc) is 2.93. The first-order valence-electron chi connectivity index (χ1n) is 12.8. The smallest absolute Gasteiger partial charge is 0.260 e. The molecule has 0 saturated carbocycles. The third kappa shape index (κ3) is 9.16. The van der Waals surface area contributed by atoms with Gasteiger partial charge in [-0.2, -0.15) is 4.31 Å². The van der Waals surface area contributed by atoms with Crippen molar-refractivity contribution >= 4 is 33.4 Å². The molecule has 0 atom stereocenters. The first-order valence-corrected chi connectivity index (χ1v) is 14.8. The maximum Gasteiger partial charge on any atom is 0.260 e. The minimum atomic E-state index is -3.65. The molecule has 2 aromatic carbocycles. The zero-order chi connectivity index (χ0) is 28.4. The molecule has 1 heterocycles. The highest BCUT2D eigenvalue weighted by Crippen LogP contribution is 2.22.